The Morgan fingerprint density at radius 3 is 3.07 bits per heavy atom. The zero-order chi connectivity index (χ0) is 10.4. The minimum atomic E-state index is 0.779. The maximum absolute atomic E-state index is 4.28. The molecule has 4 heteroatoms. The van der Waals surface area contributed by atoms with E-state index in [1.807, 2.05) is 19.9 Å². The van der Waals surface area contributed by atoms with Gasteiger partial charge in [0.15, 0.2) is 0 Å². The summed E-state index contributed by atoms with van der Waals surface area (Å²) >= 11 is 3.39. The molecule has 0 fully saturated rings. The number of nitrogens with one attached hydrogen (secondary N) is 1. The van der Waals surface area contributed by atoms with Crippen LogP contribution in [0.5, 0.6) is 0 Å². The van der Waals surface area contributed by atoms with Gasteiger partial charge in [-0.15, -0.1) is 0 Å². The molecule has 0 aliphatic rings. The van der Waals surface area contributed by atoms with Gasteiger partial charge in [0, 0.05) is 12.7 Å². The van der Waals surface area contributed by atoms with Crippen molar-refractivity contribution in [3.63, 3.8) is 0 Å². The number of anilines is 1. The molecule has 1 aromatic heterocycles. The zero-order valence-electron chi connectivity index (χ0n) is 8.42. The SMILES string of the molecule is C/C=C/CCNc1nc(C)ncc1Br. The number of allylic oxidation sites excluding steroid dienone is 1. The van der Waals surface area contributed by atoms with Gasteiger partial charge in [-0.3, -0.25) is 0 Å². The van der Waals surface area contributed by atoms with Crippen molar-refractivity contribution in [1.82, 2.24) is 9.97 Å². The van der Waals surface area contributed by atoms with Crippen molar-refractivity contribution in [2.24, 2.45) is 0 Å². The maximum Gasteiger partial charge on any atom is 0.144 e. The molecule has 1 aromatic rings. The van der Waals surface area contributed by atoms with Gasteiger partial charge >= 0.3 is 0 Å². The Morgan fingerprint density at radius 2 is 2.36 bits per heavy atom. The second-order valence-electron chi connectivity index (χ2n) is 2.90. The highest BCUT2D eigenvalue weighted by atomic mass is 79.9. The molecule has 0 saturated carbocycles. The smallest absolute Gasteiger partial charge is 0.144 e. The summed E-state index contributed by atoms with van der Waals surface area (Å²) in [6, 6.07) is 0. The molecule has 0 aromatic carbocycles. The van der Waals surface area contributed by atoms with Crippen LogP contribution >= 0.6 is 15.9 Å². The molecule has 1 heterocycles. The van der Waals surface area contributed by atoms with E-state index in [0.717, 1.165) is 29.1 Å². The molecular weight excluding hydrogens is 242 g/mol. The minimum Gasteiger partial charge on any atom is -0.369 e. The number of hydrogen-bond donors (Lipinski definition) is 1. The summed E-state index contributed by atoms with van der Waals surface area (Å²) in [5.41, 5.74) is 0. The van der Waals surface area contributed by atoms with E-state index in [4.69, 9.17) is 0 Å². The summed E-state index contributed by atoms with van der Waals surface area (Å²) in [7, 11) is 0. The number of aromatic nitrogens is 2. The first-order valence-electron chi connectivity index (χ1n) is 4.58. The lowest BCUT2D eigenvalue weighted by molar-refractivity contribution is 0.995. The Morgan fingerprint density at radius 1 is 1.57 bits per heavy atom. The monoisotopic (exact) mass is 255 g/mol. The summed E-state index contributed by atoms with van der Waals surface area (Å²) in [5, 5.41) is 3.24. The number of hydrogen-bond acceptors (Lipinski definition) is 3. The Balaban J connectivity index is 2.53. The van der Waals surface area contributed by atoms with Crippen LogP contribution < -0.4 is 5.32 Å². The topological polar surface area (TPSA) is 37.8 Å². The highest BCUT2D eigenvalue weighted by Crippen LogP contribution is 2.17. The quantitative estimate of drug-likeness (QED) is 0.664. The van der Waals surface area contributed by atoms with E-state index in [2.05, 4.69) is 37.3 Å². The van der Waals surface area contributed by atoms with Crippen molar-refractivity contribution in [3.8, 4) is 0 Å². The highest BCUT2D eigenvalue weighted by molar-refractivity contribution is 9.10. The van der Waals surface area contributed by atoms with Gasteiger partial charge in [-0.25, -0.2) is 9.97 Å². The van der Waals surface area contributed by atoms with Crippen LogP contribution in [0, 0.1) is 6.92 Å². The predicted molar refractivity (Wildman–Crippen MR) is 62.4 cm³/mol. The lowest BCUT2D eigenvalue weighted by Gasteiger charge is -2.05. The molecule has 0 amide bonds. The van der Waals surface area contributed by atoms with E-state index >= 15 is 0 Å². The Kier molecular flexibility index (Phi) is 4.59. The maximum atomic E-state index is 4.28. The average Bonchev–Trinajstić information content (AvgIpc) is 2.18. The lowest BCUT2D eigenvalue weighted by Crippen LogP contribution is -2.04. The lowest BCUT2D eigenvalue weighted by atomic mass is 10.4. The van der Waals surface area contributed by atoms with E-state index in [1.165, 1.54) is 0 Å². The van der Waals surface area contributed by atoms with Crippen molar-refractivity contribution in [2.75, 3.05) is 11.9 Å². The fourth-order valence-corrected chi connectivity index (χ4v) is 1.35. The third-order valence-electron chi connectivity index (χ3n) is 1.70. The van der Waals surface area contributed by atoms with Gasteiger partial charge in [0.05, 0.1) is 4.47 Å². The van der Waals surface area contributed by atoms with E-state index in [0.29, 0.717) is 0 Å². The molecule has 76 valence electrons. The normalized spacial score (nSPS) is 10.8. The summed E-state index contributed by atoms with van der Waals surface area (Å²) in [4.78, 5) is 8.35. The van der Waals surface area contributed by atoms with Gasteiger partial charge in [-0.1, -0.05) is 12.2 Å². The molecule has 1 rings (SSSR count). The van der Waals surface area contributed by atoms with E-state index in [9.17, 15) is 0 Å². The first kappa shape index (κ1) is 11.2. The van der Waals surface area contributed by atoms with Crippen LogP contribution in [0.1, 0.15) is 19.2 Å². The molecule has 14 heavy (non-hydrogen) atoms. The average molecular weight is 256 g/mol. The summed E-state index contributed by atoms with van der Waals surface area (Å²) in [6.45, 7) is 4.79. The first-order valence-corrected chi connectivity index (χ1v) is 5.37. The molecule has 3 nitrogen and oxygen atoms in total. The molecular formula is C10H14BrN3. The number of rotatable bonds is 4. The third-order valence-corrected chi connectivity index (χ3v) is 2.28. The molecule has 0 aliphatic heterocycles. The number of aryl methyl sites for hydroxylation is 1. The molecule has 0 spiro atoms. The summed E-state index contributed by atoms with van der Waals surface area (Å²) in [6.07, 6.45) is 6.93. The van der Waals surface area contributed by atoms with Crippen molar-refractivity contribution in [1.29, 1.82) is 0 Å². The van der Waals surface area contributed by atoms with Gasteiger partial charge in [0.1, 0.15) is 11.6 Å². The standard InChI is InChI=1S/C10H14BrN3/c1-3-4-5-6-12-10-9(11)7-13-8(2)14-10/h3-4,7H,5-6H2,1-2H3,(H,12,13,14)/b4-3+. The Bertz CT molecular complexity index is 323. The number of nitrogens with zero attached hydrogens (tertiary/aromatic N) is 2. The van der Waals surface area contributed by atoms with Gasteiger partial charge < -0.3 is 5.32 Å². The van der Waals surface area contributed by atoms with Gasteiger partial charge in [-0.05, 0) is 36.2 Å². The zero-order valence-corrected chi connectivity index (χ0v) is 10.0. The second-order valence-corrected chi connectivity index (χ2v) is 3.75. The fraction of sp³-hybridized carbons (Fsp3) is 0.400. The molecule has 0 radical (unpaired) electrons. The molecule has 0 saturated heterocycles. The predicted octanol–water partition coefficient (Wildman–Crippen LogP) is 2.93. The van der Waals surface area contributed by atoms with E-state index in [-0.39, 0.29) is 0 Å². The van der Waals surface area contributed by atoms with Crippen LogP contribution in [0.15, 0.2) is 22.8 Å². The molecule has 1 N–H and O–H groups in total. The van der Waals surface area contributed by atoms with E-state index < -0.39 is 0 Å². The largest absolute Gasteiger partial charge is 0.369 e. The van der Waals surface area contributed by atoms with Crippen LogP contribution in [0.2, 0.25) is 0 Å². The van der Waals surface area contributed by atoms with Crippen molar-refractivity contribution in [2.45, 2.75) is 20.3 Å². The van der Waals surface area contributed by atoms with Crippen LogP contribution in [0.3, 0.4) is 0 Å². The second kappa shape index (κ2) is 5.75. The van der Waals surface area contributed by atoms with Gasteiger partial charge in [-0.2, -0.15) is 0 Å². The third kappa shape index (κ3) is 3.46. The van der Waals surface area contributed by atoms with Crippen molar-refractivity contribution < 1.29 is 0 Å². The minimum absolute atomic E-state index is 0.779. The van der Waals surface area contributed by atoms with Crippen LogP contribution in [-0.4, -0.2) is 16.5 Å². The van der Waals surface area contributed by atoms with Crippen LogP contribution in [0.25, 0.3) is 0 Å². The Labute approximate surface area is 92.8 Å². The van der Waals surface area contributed by atoms with E-state index in [1.54, 1.807) is 6.20 Å². The molecule has 0 aliphatic carbocycles. The molecule has 0 bridgehead atoms. The Hall–Kier alpha value is -0.900. The van der Waals surface area contributed by atoms with Crippen LogP contribution in [0.4, 0.5) is 5.82 Å². The van der Waals surface area contributed by atoms with Crippen LogP contribution in [-0.2, 0) is 0 Å². The summed E-state index contributed by atoms with van der Waals surface area (Å²) < 4.78 is 0.906. The van der Waals surface area contributed by atoms with Crippen molar-refractivity contribution >= 4 is 21.7 Å². The highest BCUT2D eigenvalue weighted by Gasteiger charge is 2.00. The fourth-order valence-electron chi connectivity index (χ4n) is 1.02. The number of halogens is 1. The molecule has 0 unspecified atom stereocenters. The van der Waals surface area contributed by atoms with Gasteiger partial charge in [0.2, 0.25) is 0 Å². The van der Waals surface area contributed by atoms with Gasteiger partial charge in [0.25, 0.3) is 0 Å². The van der Waals surface area contributed by atoms with Crippen molar-refractivity contribution in [3.05, 3.63) is 28.6 Å². The first-order chi connectivity index (χ1) is 6.74. The summed E-state index contributed by atoms with van der Waals surface area (Å²) in [5.74, 6) is 1.64. The molecule has 0 atom stereocenters.